The van der Waals surface area contributed by atoms with E-state index in [0.717, 1.165) is 39.4 Å². The van der Waals surface area contributed by atoms with E-state index in [2.05, 4.69) is 36.5 Å². The molecular formula is C16H14ClN3S. The zero-order valence-corrected chi connectivity index (χ0v) is 13.1. The number of rotatable bonds is 2. The first-order chi connectivity index (χ1) is 10.2. The van der Waals surface area contributed by atoms with Crippen molar-refractivity contribution in [2.24, 2.45) is 0 Å². The fraction of sp³-hybridized carbons (Fsp3) is 0.188. The standard InChI is InChI=1S/C16H14ClN3S/c1-10-4-2-3-5-12(10)20-16-11(8-9-18-16)15(19-20)13-6-7-14(17)21-13/h2-7,18H,8-9H2,1H3. The van der Waals surface area contributed by atoms with E-state index < -0.39 is 0 Å². The number of nitrogens with zero attached hydrogens (tertiary/aromatic N) is 2. The first-order valence-corrected chi connectivity index (χ1v) is 8.11. The summed E-state index contributed by atoms with van der Waals surface area (Å²) in [4.78, 5) is 1.13. The van der Waals surface area contributed by atoms with Gasteiger partial charge < -0.3 is 5.32 Å². The molecule has 21 heavy (non-hydrogen) atoms. The van der Waals surface area contributed by atoms with Crippen LogP contribution in [0.3, 0.4) is 0 Å². The number of anilines is 1. The van der Waals surface area contributed by atoms with Crippen molar-refractivity contribution in [3.63, 3.8) is 0 Å². The summed E-state index contributed by atoms with van der Waals surface area (Å²) in [6, 6.07) is 12.3. The molecule has 3 aromatic rings. The molecule has 0 unspecified atom stereocenters. The van der Waals surface area contributed by atoms with Gasteiger partial charge >= 0.3 is 0 Å². The molecular weight excluding hydrogens is 302 g/mol. The molecule has 1 aliphatic heterocycles. The van der Waals surface area contributed by atoms with Crippen LogP contribution < -0.4 is 5.32 Å². The van der Waals surface area contributed by atoms with Crippen molar-refractivity contribution in [1.82, 2.24) is 9.78 Å². The smallest absolute Gasteiger partial charge is 0.133 e. The summed E-state index contributed by atoms with van der Waals surface area (Å²) in [6.45, 7) is 3.07. The maximum absolute atomic E-state index is 6.08. The van der Waals surface area contributed by atoms with Gasteiger partial charge in [0.1, 0.15) is 11.5 Å². The highest BCUT2D eigenvalue weighted by molar-refractivity contribution is 7.19. The lowest BCUT2D eigenvalue weighted by Gasteiger charge is -2.08. The van der Waals surface area contributed by atoms with E-state index in [4.69, 9.17) is 16.7 Å². The Kier molecular flexibility index (Phi) is 3.01. The van der Waals surface area contributed by atoms with Gasteiger partial charge in [-0.25, -0.2) is 4.68 Å². The van der Waals surface area contributed by atoms with Crippen molar-refractivity contribution >= 4 is 28.8 Å². The number of nitrogens with one attached hydrogen (secondary N) is 1. The van der Waals surface area contributed by atoms with Gasteiger partial charge in [0.05, 0.1) is 14.9 Å². The summed E-state index contributed by atoms with van der Waals surface area (Å²) in [5, 5.41) is 8.32. The third kappa shape index (κ3) is 2.06. The van der Waals surface area contributed by atoms with Crippen molar-refractivity contribution in [1.29, 1.82) is 0 Å². The first kappa shape index (κ1) is 12.9. The lowest BCUT2D eigenvalue weighted by molar-refractivity contribution is 0.876. The van der Waals surface area contributed by atoms with Crippen molar-refractivity contribution < 1.29 is 0 Å². The molecule has 3 heterocycles. The minimum Gasteiger partial charge on any atom is -0.369 e. The highest BCUT2D eigenvalue weighted by Gasteiger charge is 2.25. The fourth-order valence-electron chi connectivity index (χ4n) is 2.79. The van der Waals surface area contributed by atoms with E-state index >= 15 is 0 Å². The van der Waals surface area contributed by atoms with Crippen LogP contribution in [0.25, 0.3) is 16.3 Å². The molecule has 0 fully saturated rings. The van der Waals surface area contributed by atoms with Gasteiger partial charge in [0.2, 0.25) is 0 Å². The molecule has 1 aliphatic rings. The zero-order valence-electron chi connectivity index (χ0n) is 11.6. The van der Waals surface area contributed by atoms with Gasteiger partial charge in [-0.3, -0.25) is 0 Å². The second-order valence-electron chi connectivity index (χ2n) is 5.15. The molecule has 1 aromatic carbocycles. The number of hydrogen-bond acceptors (Lipinski definition) is 3. The number of fused-ring (bicyclic) bond motifs is 1. The predicted octanol–water partition coefficient (Wildman–Crippen LogP) is 4.53. The Hall–Kier alpha value is -1.78. The number of halogens is 1. The third-order valence-corrected chi connectivity index (χ3v) is 5.04. The Morgan fingerprint density at radius 2 is 2.10 bits per heavy atom. The van der Waals surface area contributed by atoms with Crippen LogP contribution >= 0.6 is 22.9 Å². The van der Waals surface area contributed by atoms with Gasteiger partial charge in [0, 0.05) is 12.1 Å². The normalized spacial score (nSPS) is 13.2. The Morgan fingerprint density at radius 3 is 2.86 bits per heavy atom. The summed E-state index contributed by atoms with van der Waals surface area (Å²) in [5.41, 5.74) is 4.68. The quantitative estimate of drug-likeness (QED) is 0.753. The number of benzene rings is 1. The largest absolute Gasteiger partial charge is 0.369 e. The molecule has 0 saturated heterocycles. The van der Waals surface area contributed by atoms with E-state index in [9.17, 15) is 0 Å². The van der Waals surface area contributed by atoms with Crippen LogP contribution in [0.15, 0.2) is 36.4 Å². The second-order valence-corrected chi connectivity index (χ2v) is 6.87. The molecule has 0 radical (unpaired) electrons. The molecule has 0 bridgehead atoms. The number of aromatic nitrogens is 2. The Morgan fingerprint density at radius 1 is 1.24 bits per heavy atom. The summed E-state index contributed by atoms with van der Waals surface area (Å²) < 4.78 is 2.83. The fourth-order valence-corrected chi connectivity index (χ4v) is 3.84. The second kappa shape index (κ2) is 4.90. The highest BCUT2D eigenvalue weighted by Crippen LogP contribution is 2.38. The molecule has 5 heteroatoms. The number of thiophene rings is 1. The maximum Gasteiger partial charge on any atom is 0.133 e. The van der Waals surface area contributed by atoms with E-state index in [1.165, 1.54) is 11.1 Å². The molecule has 0 amide bonds. The molecule has 0 aliphatic carbocycles. The topological polar surface area (TPSA) is 29.9 Å². The molecule has 4 rings (SSSR count). The molecule has 0 saturated carbocycles. The molecule has 3 nitrogen and oxygen atoms in total. The minimum absolute atomic E-state index is 0.801. The molecule has 0 atom stereocenters. The van der Waals surface area contributed by atoms with E-state index in [-0.39, 0.29) is 0 Å². The summed E-state index contributed by atoms with van der Waals surface area (Å²) in [5.74, 6) is 1.11. The van der Waals surface area contributed by atoms with Gasteiger partial charge in [-0.1, -0.05) is 29.8 Å². The minimum atomic E-state index is 0.801. The van der Waals surface area contributed by atoms with E-state index in [1.54, 1.807) is 11.3 Å². The molecule has 106 valence electrons. The van der Waals surface area contributed by atoms with Crippen molar-refractivity contribution in [3.8, 4) is 16.3 Å². The van der Waals surface area contributed by atoms with Crippen LogP contribution in [0.1, 0.15) is 11.1 Å². The summed E-state index contributed by atoms with van der Waals surface area (Å²) in [6.07, 6.45) is 1.01. The Balaban J connectivity index is 1.93. The van der Waals surface area contributed by atoms with Crippen molar-refractivity contribution in [2.45, 2.75) is 13.3 Å². The maximum atomic E-state index is 6.08. The van der Waals surface area contributed by atoms with E-state index in [1.807, 2.05) is 16.8 Å². The van der Waals surface area contributed by atoms with Crippen LogP contribution in [-0.2, 0) is 6.42 Å². The molecule has 2 aromatic heterocycles. The van der Waals surface area contributed by atoms with Crippen LogP contribution in [0.4, 0.5) is 5.82 Å². The average molecular weight is 316 g/mol. The van der Waals surface area contributed by atoms with Crippen LogP contribution in [0, 0.1) is 6.92 Å². The summed E-state index contributed by atoms with van der Waals surface area (Å²) >= 11 is 7.66. The van der Waals surface area contributed by atoms with Crippen LogP contribution in [0.2, 0.25) is 4.34 Å². The van der Waals surface area contributed by atoms with Crippen LogP contribution in [-0.4, -0.2) is 16.3 Å². The van der Waals surface area contributed by atoms with Gasteiger partial charge in [-0.15, -0.1) is 11.3 Å². The zero-order chi connectivity index (χ0) is 14.4. The Labute approximate surface area is 132 Å². The van der Waals surface area contributed by atoms with Crippen molar-refractivity contribution in [2.75, 3.05) is 11.9 Å². The van der Waals surface area contributed by atoms with Crippen molar-refractivity contribution in [3.05, 3.63) is 51.9 Å². The summed E-state index contributed by atoms with van der Waals surface area (Å²) in [7, 11) is 0. The van der Waals surface area contributed by atoms with Gasteiger partial charge in [0.25, 0.3) is 0 Å². The van der Waals surface area contributed by atoms with E-state index in [0.29, 0.717) is 0 Å². The molecule has 0 spiro atoms. The average Bonchev–Trinajstić information content (AvgIpc) is 3.15. The Bertz CT molecular complexity index is 819. The van der Waals surface area contributed by atoms with Gasteiger partial charge in [-0.05, 0) is 37.1 Å². The predicted molar refractivity (Wildman–Crippen MR) is 88.8 cm³/mol. The lowest BCUT2D eigenvalue weighted by atomic mass is 10.2. The van der Waals surface area contributed by atoms with Gasteiger partial charge in [-0.2, -0.15) is 5.10 Å². The first-order valence-electron chi connectivity index (χ1n) is 6.91. The monoisotopic (exact) mass is 315 g/mol. The van der Waals surface area contributed by atoms with Crippen LogP contribution in [0.5, 0.6) is 0 Å². The SMILES string of the molecule is Cc1ccccc1-n1nc(-c2ccc(Cl)s2)c2c1NCC2. The molecule has 1 N–H and O–H groups in total. The number of aryl methyl sites for hydroxylation is 1. The van der Waals surface area contributed by atoms with Gasteiger partial charge in [0.15, 0.2) is 0 Å². The number of hydrogen-bond donors (Lipinski definition) is 1. The third-order valence-electron chi connectivity index (χ3n) is 3.80. The number of para-hydroxylation sites is 1. The lowest BCUT2D eigenvalue weighted by Crippen LogP contribution is -2.05. The highest BCUT2D eigenvalue weighted by atomic mass is 35.5.